The number of hydrogen-bond acceptors (Lipinski definition) is 6. The second-order valence-electron chi connectivity index (χ2n) is 5.41. The van der Waals surface area contributed by atoms with Gasteiger partial charge in [0.2, 0.25) is 0 Å². The maximum Gasteiger partial charge on any atom is 0.262 e. The molecule has 0 aliphatic carbocycles. The summed E-state index contributed by atoms with van der Waals surface area (Å²) in [6.07, 6.45) is 0. The van der Waals surface area contributed by atoms with E-state index in [1.54, 1.807) is 15.9 Å². The third-order valence-electron chi connectivity index (χ3n) is 3.81. The van der Waals surface area contributed by atoms with E-state index in [0.717, 1.165) is 21.8 Å². The summed E-state index contributed by atoms with van der Waals surface area (Å²) in [5, 5.41) is 7.48. The van der Waals surface area contributed by atoms with Gasteiger partial charge in [0.25, 0.3) is 5.56 Å². The number of para-hydroxylation sites is 1. The van der Waals surface area contributed by atoms with Gasteiger partial charge in [-0.05, 0) is 30.5 Å². The van der Waals surface area contributed by atoms with Crippen LogP contribution >= 0.6 is 23.1 Å². The van der Waals surface area contributed by atoms with E-state index < -0.39 is 0 Å². The average Bonchev–Trinajstić information content (AvgIpc) is 3.31. The zero-order chi connectivity index (χ0) is 17.2. The molecular weight excluding hydrogens is 354 g/mol. The molecule has 0 saturated carbocycles. The molecule has 3 heterocycles. The molecule has 0 atom stereocenters. The first-order valence-corrected chi connectivity index (χ1v) is 9.74. The Kier molecular flexibility index (Phi) is 4.42. The first-order chi connectivity index (χ1) is 12.3. The lowest BCUT2D eigenvalue weighted by Crippen LogP contribution is -2.22. The van der Waals surface area contributed by atoms with Crippen molar-refractivity contribution in [1.29, 1.82) is 0 Å². The van der Waals surface area contributed by atoms with E-state index in [1.807, 2.05) is 54.8 Å². The molecule has 0 amide bonds. The van der Waals surface area contributed by atoms with Crippen LogP contribution in [0.2, 0.25) is 0 Å². The maximum absolute atomic E-state index is 12.6. The van der Waals surface area contributed by atoms with Crippen LogP contribution in [0.3, 0.4) is 0 Å². The highest BCUT2D eigenvalue weighted by Crippen LogP contribution is 2.28. The molecule has 126 valence electrons. The molecule has 3 aromatic heterocycles. The van der Waals surface area contributed by atoms with Crippen LogP contribution in [0.4, 0.5) is 0 Å². The lowest BCUT2D eigenvalue weighted by atomic mass is 10.2. The highest BCUT2D eigenvalue weighted by atomic mass is 32.2. The van der Waals surface area contributed by atoms with Crippen LogP contribution in [-0.2, 0) is 12.3 Å². The number of fused-ring (bicyclic) bond motifs is 1. The highest BCUT2D eigenvalue weighted by Gasteiger charge is 2.12. The molecule has 0 N–H and O–H groups in total. The SMILES string of the molecule is CCn1c(SCc2cc(-c3cccs3)on2)nc2ccccc2c1=O. The summed E-state index contributed by atoms with van der Waals surface area (Å²) >= 11 is 3.11. The number of hydrogen-bond donors (Lipinski definition) is 0. The first-order valence-electron chi connectivity index (χ1n) is 7.88. The summed E-state index contributed by atoms with van der Waals surface area (Å²) in [5.41, 5.74) is 1.55. The van der Waals surface area contributed by atoms with Gasteiger partial charge >= 0.3 is 0 Å². The van der Waals surface area contributed by atoms with Crippen LogP contribution < -0.4 is 5.56 Å². The minimum absolute atomic E-state index is 0.00460. The second kappa shape index (κ2) is 6.85. The van der Waals surface area contributed by atoms with Gasteiger partial charge in [-0.1, -0.05) is 35.1 Å². The van der Waals surface area contributed by atoms with Gasteiger partial charge in [-0.3, -0.25) is 9.36 Å². The summed E-state index contributed by atoms with van der Waals surface area (Å²) in [6, 6.07) is 13.4. The smallest absolute Gasteiger partial charge is 0.262 e. The van der Waals surface area contributed by atoms with Gasteiger partial charge in [0, 0.05) is 18.4 Å². The van der Waals surface area contributed by atoms with E-state index in [2.05, 4.69) is 10.1 Å². The standard InChI is InChI=1S/C18H15N3O2S2/c1-2-21-17(22)13-6-3-4-7-14(13)19-18(21)25-11-12-10-15(23-20-12)16-8-5-9-24-16/h3-10H,2,11H2,1H3. The fraction of sp³-hybridized carbons (Fsp3) is 0.167. The van der Waals surface area contributed by atoms with Crippen molar-refractivity contribution in [1.82, 2.24) is 14.7 Å². The molecule has 7 heteroatoms. The van der Waals surface area contributed by atoms with Crippen LogP contribution in [0.5, 0.6) is 0 Å². The molecular formula is C18H15N3O2S2. The molecule has 0 aliphatic rings. The minimum atomic E-state index is -0.00460. The van der Waals surface area contributed by atoms with Crippen molar-refractivity contribution in [3.05, 3.63) is 63.9 Å². The molecule has 1 aromatic carbocycles. The number of benzene rings is 1. The van der Waals surface area contributed by atoms with E-state index in [-0.39, 0.29) is 5.56 Å². The third kappa shape index (κ3) is 3.12. The lowest BCUT2D eigenvalue weighted by Gasteiger charge is -2.10. The lowest BCUT2D eigenvalue weighted by molar-refractivity contribution is 0.427. The summed E-state index contributed by atoms with van der Waals surface area (Å²) in [7, 11) is 0. The Labute approximate surface area is 152 Å². The van der Waals surface area contributed by atoms with Gasteiger partial charge in [-0.25, -0.2) is 4.98 Å². The summed E-state index contributed by atoms with van der Waals surface area (Å²) < 4.78 is 7.11. The highest BCUT2D eigenvalue weighted by molar-refractivity contribution is 7.98. The normalized spacial score (nSPS) is 11.2. The Bertz CT molecular complexity index is 1070. The fourth-order valence-corrected chi connectivity index (χ4v) is 4.21. The van der Waals surface area contributed by atoms with Crippen LogP contribution in [0.1, 0.15) is 12.6 Å². The van der Waals surface area contributed by atoms with Crippen molar-refractivity contribution >= 4 is 34.0 Å². The van der Waals surface area contributed by atoms with Gasteiger partial charge in [0.1, 0.15) is 0 Å². The van der Waals surface area contributed by atoms with Gasteiger partial charge in [-0.2, -0.15) is 0 Å². The molecule has 25 heavy (non-hydrogen) atoms. The molecule has 0 saturated heterocycles. The van der Waals surface area contributed by atoms with E-state index in [0.29, 0.717) is 22.8 Å². The zero-order valence-corrected chi connectivity index (χ0v) is 15.1. The largest absolute Gasteiger partial charge is 0.355 e. The number of nitrogens with zero attached hydrogens (tertiary/aromatic N) is 3. The Morgan fingerprint density at radius 2 is 2.12 bits per heavy atom. The molecule has 0 aliphatic heterocycles. The zero-order valence-electron chi connectivity index (χ0n) is 13.5. The summed E-state index contributed by atoms with van der Waals surface area (Å²) in [5.74, 6) is 1.37. The third-order valence-corrected chi connectivity index (χ3v) is 5.71. The number of thioether (sulfide) groups is 1. The van der Waals surface area contributed by atoms with E-state index >= 15 is 0 Å². The minimum Gasteiger partial charge on any atom is -0.355 e. The number of rotatable bonds is 5. The molecule has 0 radical (unpaired) electrons. The van der Waals surface area contributed by atoms with Crippen molar-refractivity contribution in [3.8, 4) is 10.6 Å². The van der Waals surface area contributed by atoms with Crippen molar-refractivity contribution in [2.75, 3.05) is 0 Å². The second-order valence-corrected chi connectivity index (χ2v) is 7.30. The number of aromatic nitrogens is 3. The molecule has 4 aromatic rings. The summed E-state index contributed by atoms with van der Waals surface area (Å²) in [4.78, 5) is 18.3. The van der Waals surface area contributed by atoms with Crippen molar-refractivity contribution < 1.29 is 4.52 Å². The molecule has 5 nitrogen and oxygen atoms in total. The van der Waals surface area contributed by atoms with E-state index in [9.17, 15) is 4.79 Å². The van der Waals surface area contributed by atoms with Crippen molar-refractivity contribution in [2.45, 2.75) is 24.4 Å². The van der Waals surface area contributed by atoms with Crippen molar-refractivity contribution in [2.24, 2.45) is 0 Å². The Morgan fingerprint density at radius 1 is 1.24 bits per heavy atom. The summed E-state index contributed by atoms with van der Waals surface area (Å²) in [6.45, 7) is 2.53. The van der Waals surface area contributed by atoms with Gasteiger partial charge < -0.3 is 4.52 Å². The molecule has 0 spiro atoms. The van der Waals surface area contributed by atoms with Crippen molar-refractivity contribution in [3.63, 3.8) is 0 Å². The topological polar surface area (TPSA) is 60.9 Å². The molecule has 4 rings (SSSR count). The van der Waals surface area contributed by atoms with Gasteiger partial charge in [-0.15, -0.1) is 11.3 Å². The van der Waals surface area contributed by atoms with Crippen LogP contribution in [0.15, 0.2) is 62.3 Å². The molecule has 0 unspecified atom stereocenters. The Balaban J connectivity index is 1.62. The van der Waals surface area contributed by atoms with Crippen LogP contribution in [-0.4, -0.2) is 14.7 Å². The molecule has 0 fully saturated rings. The number of thiophene rings is 1. The van der Waals surface area contributed by atoms with Crippen LogP contribution in [0, 0.1) is 0 Å². The van der Waals surface area contributed by atoms with E-state index in [1.165, 1.54) is 11.8 Å². The van der Waals surface area contributed by atoms with Gasteiger partial charge in [0.15, 0.2) is 10.9 Å². The predicted octanol–water partition coefficient (Wildman–Crippen LogP) is 4.43. The predicted molar refractivity (Wildman–Crippen MR) is 101 cm³/mol. The maximum atomic E-state index is 12.6. The first kappa shape index (κ1) is 16.1. The molecule has 0 bridgehead atoms. The fourth-order valence-electron chi connectivity index (χ4n) is 2.59. The average molecular weight is 369 g/mol. The van der Waals surface area contributed by atoms with E-state index in [4.69, 9.17) is 4.52 Å². The Morgan fingerprint density at radius 3 is 2.92 bits per heavy atom. The van der Waals surface area contributed by atoms with Crippen LogP contribution in [0.25, 0.3) is 21.5 Å². The Hall–Kier alpha value is -2.38. The monoisotopic (exact) mass is 369 g/mol. The van der Waals surface area contributed by atoms with Gasteiger partial charge in [0.05, 0.1) is 21.5 Å². The quantitative estimate of drug-likeness (QED) is 0.385.